The number of epoxide rings is 1. The molecule has 0 unspecified atom stereocenters. The molecule has 0 radical (unpaired) electrons. The molecule has 0 saturated carbocycles. The fourth-order valence-corrected chi connectivity index (χ4v) is 1.47. The van der Waals surface area contributed by atoms with E-state index in [0.717, 1.165) is 3.39 Å². The van der Waals surface area contributed by atoms with Crippen molar-refractivity contribution in [2.75, 3.05) is 0 Å². The molecule has 1 saturated heterocycles. The van der Waals surface area contributed by atoms with Gasteiger partial charge in [0.1, 0.15) is 6.10 Å². The van der Waals surface area contributed by atoms with E-state index in [1.165, 1.54) is 12.8 Å². The lowest BCUT2D eigenvalue weighted by atomic mass is 10.2. The van der Waals surface area contributed by atoms with Crippen molar-refractivity contribution in [1.29, 1.82) is 0 Å². The van der Waals surface area contributed by atoms with E-state index in [9.17, 15) is 0 Å². The topological polar surface area (TPSA) is 12.5 Å². The van der Waals surface area contributed by atoms with E-state index in [-0.39, 0.29) is 0 Å². The Hall–Kier alpha value is 0.660. The first-order valence-corrected chi connectivity index (χ1v) is 5.01. The van der Waals surface area contributed by atoms with Gasteiger partial charge in [-0.15, -0.1) is 0 Å². The van der Waals surface area contributed by atoms with Gasteiger partial charge < -0.3 is 4.74 Å². The first-order chi connectivity index (χ1) is 4.74. The summed E-state index contributed by atoms with van der Waals surface area (Å²) in [7, 11) is 0. The van der Waals surface area contributed by atoms with Gasteiger partial charge in [-0.2, -0.15) is 0 Å². The summed E-state index contributed by atoms with van der Waals surface area (Å²) in [5.74, 6) is 0. The third-order valence-electron chi connectivity index (χ3n) is 1.49. The van der Waals surface area contributed by atoms with Crippen LogP contribution in [0.1, 0.15) is 19.8 Å². The van der Waals surface area contributed by atoms with Crippen LogP contribution < -0.4 is 0 Å². The van der Waals surface area contributed by atoms with Crippen LogP contribution in [-0.2, 0) is 4.74 Å². The van der Waals surface area contributed by atoms with E-state index in [1.807, 2.05) is 6.08 Å². The van der Waals surface area contributed by atoms with Crippen molar-refractivity contribution in [3.8, 4) is 0 Å². The number of ether oxygens (including phenoxy) is 1. The molecule has 1 nitrogen and oxygen atoms in total. The van der Waals surface area contributed by atoms with Crippen molar-refractivity contribution in [2.45, 2.75) is 32.0 Å². The molecule has 58 valence electrons. The maximum absolute atomic E-state index is 5.33. The predicted molar refractivity (Wildman–Crippen MR) is 49.5 cm³/mol. The molecular formula is C7H10Br2O. The van der Waals surface area contributed by atoms with E-state index in [2.05, 4.69) is 38.8 Å². The van der Waals surface area contributed by atoms with Crippen LogP contribution in [0.25, 0.3) is 0 Å². The van der Waals surface area contributed by atoms with Gasteiger partial charge in [0, 0.05) is 0 Å². The quantitative estimate of drug-likeness (QED) is 0.717. The lowest BCUT2D eigenvalue weighted by Gasteiger charge is -1.84. The Labute approximate surface area is 78.1 Å². The zero-order valence-electron chi connectivity index (χ0n) is 5.81. The molecule has 0 aromatic heterocycles. The Morgan fingerprint density at radius 3 is 2.80 bits per heavy atom. The van der Waals surface area contributed by atoms with E-state index < -0.39 is 0 Å². The van der Waals surface area contributed by atoms with Crippen LogP contribution in [0.5, 0.6) is 0 Å². The summed E-state index contributed by atoms with van der Waals surface area (Å²) in [5.41, 5.74) is 0. The van der Waals surface area contributed by atoms with Gasteiger partial charge in [0.15, 0.2) is 0 Å². The molecule has 0 N–H and O–H groups in total. The molecule has 1 aliphatic heterocycles. The molecule has 1 fully saturated rings. The summed E-state index contributed by atoms with van der Waals surface area (Å²) in [6, 6.07) is 0. The van der Waals surface area contributed by atoms with Gasteiger partial charge in [-0.3, -0.25) is 0 Å². The Morgan fingerprint density at radius 2 is 2.30 bits per heavy atom. The number of hydrogen-bond acceptors (Lipinski definition) is 1. The second kappa shape index (κ2) is 3.88. The zero-order chi connectivity index (χ0) is 7.56. The summed E-state index contributed by atoms with van der Waals surface area (Å²) in [4.78, 5) is 0. The van der Waals surface area contributed by atoms with Crippen molar-refractivity contribution >= 4 is 31.9 Å². The van der Waals surface area contributed by atoms with E-state index in [1.54, 1.807) is 0 Å². The fourth-order valence-electron chi connectivity index (χ4n) is 0.944. The zero-order valence-corrected chi connectivity index (χ0v) is 8.98. The monoisotopic (exact) mass is 268 g/mol. The summed E-state index contributed by atoms with van der Waals surface area (Å²) in [6.07, 6.45) is 5.26. The minimum Gasteiger partial charge on any atom is -0.365 e. The van der Waals surface area contributed by atoms with Crippen LogP contribution in [0.3, 0.4) is 0 Å². The average molecular weight is 270 g/mol. The standard InChI is InChI=1S/C7H10Br2O/c1-2-3-5-6(10-5)4-7(8)9/h4-6H,2-3H2,1H3/t5-,6+/m0/s1. The molecule has 1 aliphatic rings. The predicted octanol–water partition coefficient (Wildman–Crippen LogP) is 3.19. The van der Waals surface area contributed by atoms with Gasteiger partial charge in [0.05, 0.1) is 9.50 Å². The van der Waals surface area contributed by atoms with Crippen LogP contribution in [0, 0.1) is 0 Å². The van der Waals surface area contributed by atoms with Crippen LogP contribution in [0.4, 0.5) is 0 Å². The van der Waals surface area contributed by atoms with Crippen LogP contribution in [-0.4, -0.2) is 12.2 Å². The maximum Gasteiger partial charge on any atom is 0.104 e. The van der Waals surface area contributed by atoms with E-state index in [0.29, 0.717) is 12.2 Å². The third-order valence-corrected chi connectivity index (χ3v) is 2.01. The second-order valence-electron chi connectivity index (χ2n) is 2.38. The maximum atomic E-state index is 5.33. The summed E-state index contributed by atoms with van der Waals surface area (Å²) in [6.45, 7) is 2.17. The Morgan fingerprint density at radius 1 is 1.60 bits per heavy atom. The molecule has 0 aromatic carbocycles. The Kier molecular flexibility index (Phi) is 3.40. The summed E-state index contributed by atoms with van der Waals surface area (Å²) < 4.78 is 6.32. The molecule has 0 amide bonds. The van der Waals surface area contributed by atoms with Gasteiger partial charge in [-0.25, -0.2) is 0 Å². The molecule has 0 spiro atoms. The number of hydrogen-bond donors (Lipinski definition) is 0. The minimum atomic E-state index is 0.355. The Balaban J connectivity index is 2.19. The third kappa shape index (κ3) is 2.72. The fraction of sp³-hybridized carbons (Fsp3) is 0.714. The molecule has 0 bridgehead atoms. The normalized spacial score (nSPS) is 29.9. The second-order valence-corrected chi connectivity index (χ2v) is 5.16. The number of halogens is 2. The molecule has 2 atom stereocenters. The highest BCUT2D eigenvalue weighted by Gasteiger charge is 2.35. The van der Waals surface area contributed by atoms with E-state index in [4.69, 9.17) is 4.74 Å². The van der Waals surface area contributed by atoms with Crippen LogP contribution >= 0.6 is 31.9 Å². The molecule has 10 heavy (non-hydrogen) atoms. The molecule has 1 rings (SSSR count). The van der Waals surface area contributed by atoms with Crippen molar-refractivity contribution in [3.63, 3.8) is 0 Å². The first-order valence-electron chi connectivity index (χ1n) is 3.42. The van der Waals surface area contributed by atoms with Crippen molar-refractivity contribution in [1.82, 2.24) is 0 Å². The van der Waals surface area contributed by atoms with Gasteiger partial charge in [0.2, 0.25) is 0 Å². The Bertz CT molecular complexity index is 141. The molecular weight excluding hydrogens is 260 g/mol. The minimum absolute atomic E-state index is 0.355. The highest BCUT2D eigenvalue weighted by atomic mass is 79.9. The summed E-state index contributed by atoms with van der Waals surface area (Å²) in [5, 5.41) is 0. The molecule has 0 aliphatic carbocycles. The number of rotatable bonds is 3. The molecule has 0 aromatic rings. The molecule has 3 heteroatoms. The average Bonchev–Trinajstić information content (AvgIpc) is 2.47. The van der Waals surface area contributed by atoms with Gasteiger partial charge in [0.25, 0.3) is 0 Å². The molecule has 1 heterocycles. The van der Waals surface area contributed by atoms with Crippen molar-refractivity contribution < 1.29 is 4.74 Å². The summed E-state index contributed by atoms with van der Waals surface area (Å²) >= 11 is 6.58. The van der Waals surface area contributed by atoms with E-state index >= 15 is 0 Å². The van der Waals surface area contributed by atoms with Crippen LogP contribution in [0.15, 0.2) is 9.47 Å². The first kappa shape index (κ1) is 8.75. The smallest absolute Gasteiger partial charge is 0.104 e. The van der Waals surface area contributed by atoms with Gasteiger partial charge in [-0.05, 0) is 44.4 Å². The van der Waals surface area contributed by atoms with Crippen molar-refractivity contribution in [3.05, 3.63) is 9.47 Å². The highest BCUT2D eigenvalue weighted by Crippen LogP contribution is 2.30. The SMILES string of the molecule is CCC[C@@H]1O[C@@H]1C=C(Br)Br. The van der Waals surface area contributed by atoms with Gasteiger partial charge >= 0.3 is 0 Å². The highest BCUT2D eigenvalue weighted by molar-refractivity contribution is 9.28. The van der Waals surface area contributed by atoms with Crippen LogP contribution in [0.2, 0.25) is 0 Å². The van der Waals surface area contributed by atoms with Gasteiger partial charge in [-0.1, -0.05) is 13.3 Å². The lowest BCUT2D eigenvalue weighted by Crippen LogP contribution is -1.88. The van der Waals surface area contributed by atoms with Crippen molar-refractivity contribution in [2.24, 2.45) is 0 Å². The lowest BCUT2D eigenvalue weighted by molar-refractivity contribution is 0.378. The largest absolute Gasteiger partial charge is 0.365 e.